The second-order valence-electron chi connectivity index (χ2n) is 7.44. The van der Waals surface area contributed by atoms with Crippen LogP contribution in [0.15, 0.2) is 47.5 Å². The summed E-state index contributed by atoms with van der Waals surface area (Å²) >= 11 is 0. The van der Waals surface area contributed by atoms with E-state index in [0.29, 0.717) is 13.2 Å². The maximum Gasteiger partial charge on any atom is 0.191 e. The molecular weight excluding hydrogens is 378 g/mol. The van der Waals surface area contributed by atoms with Crippen molar-refractivity contribution in [2.45, 2.75) is 39.3 Å². The smallest absolute Gasteiger partial charge is 0.191 e. The molecule has 0 radical (unpaired) electrons. The summed E-state index contributed by atoms with van der Waals surface area (Å²) in [5.74, 6) is 2.59. The van der Waals surface area contributed by atoms with E-state index in [-0.39, 0.29) is 6.10 Å². The predicted molar refractivity (Wildman–Crippen MR) is 121 cm³/mol. The Morgan fingerprint density at radius 3 is 2.87 bits per heavy atom. The number of rotatable bonds is 9. The first-order valence-corrected chi connectivity index (χ1v) is 10.7. The molecule has 0 bridgehead atoms. The van der Waals surface area contributed by atoms with Crippen LogP contribution in [0.5, 0.6) is 11.5 Å². The van der Waals surface area contributed by atoms with Crippen LogP contribution in [0.3, 0.4) is 0 Å². The van der Waals surface area contributed by atoms with Crippen molar-refractivity contribution in [3.63, 3.8) is 0 Å². The summed E-state index contributed by atoms with van der Waals surface area (Å²) in [4.78, 5) is 4.77. The molecule has 3 rings (SSSR count). The van der Waals surface area contributed by atoms with Gasteiger partial charge in [-0.05, 0) is 49.6 Å². The molecule has 0 aromatic heterocycles. The molecule has 0 spiro atoms. The summed E-state index contributed by atoms with van der Waals surface area (Å²) in [5.41, 5.74) is 3.49. The van der Waals surface area contributed by atoms with Crippen LogP contribution in [0.1, 0.15) is 30.0 Å². The van der Waals surface area contributed by atoms with Crippen LogP contribution in [0.4, 0.5) is 0 Å². The fourth-order valence-electron chi connectivity index (χ4n) is 3.35. The van der Waals surface area contributed by atoms with E-state index in [9.17, 15) is 0 Å². The van der Waals surface area contributed by atoms with E-state index in [0.717, 1.165) is 55.6 Å². The summed E-state index contributed by atoms with van der Waals surface area (Å²) in [5, 5.41) is 6.74. The highest BCUT2D eigenvalue weighted by atomic mass is 16.5. The Labute approximate surface area is 179 Å². The number of aryl methyl sites for hydroxylation is 1. The standard InChI is InChI=1S/C24H33N3O3/c1-4-25-24(26-12-10-19-6-5-7-21(15-19)28-3)27-16-20-9-8-18(2)14-23(20)30-22-11-13-29-17-22/h5-9,14-15,22H,4,10-13,16-17H2,1-3H3,(H2,25,26,27). The Balaban J connectivity index is 1.61. The van der Waals surface area contributed by atoms with E-state index < -0.39 is 0 Å². The van der Waals surface area contributed by atoms with Crippen LogP contribution >= 0.6 is 0 Å². The highest BCUT2D eigenvalue weighted by Gasteiger charge is 2.18. The third kappa shape index (κ3) is 6.66. The van der Waals surface area contributed by atoms with Crippen molar-refractivity contribution in [2.75, 3.05) is 33.4 Å². The second kappa shape index (κ2) is 11.5. The Morgan fingerprint density at radius 2 is 2.10 bits per heavy atom. The quantitative estimate of drug-likeness (QED) is 0.489. The molecule has 0 aliphatic carbocycles. The highest BCUT2D eigenvalue weighted by Crippen LogP contribution is 2.24. The molecule has 2 aromatic rings. The number of nitrogens with zero attached hydrogens (tertiary/aromatic N) is 1. The van der Waals surface area contributed by atoms with Gasteiger partial charge in [-0.15, -0.1) is 0 Å². The average Bonchev–Trinajstić information content (AvgIpc) is 3.26. The van der Waals surface area contributed by atoms with Crippen molar-refractivity contribution in [1.29, 1.82) is 0 Å². The molecule has 0 amide bonds. The summed E-state index contributed by atoms with van der Waals surface area (Å²) < 4.78 is 16.9. The molecule has 6 heteroatoms. The van der Waals surface area contributed by atoms with Crippen molar-refractivity contribution in [2.24, 2.45) is 4.99 Å². The minimum absolute atomic E-state index is 0.128. The molecule has 0 saturated carbocycles. The van der Waals surface area contributed by atoms with Gasteiger partial charge in [0.15, 0.2) is 5.96 Å². The number of methoxy groups -OCH3 is 1. The van der Waals surface area contributed by atoms with Gasteiger partial charge in [0.05, 0.1) is 26.9 Å². The molecule has 6 nitrogen and oxygen atoms in total. The maximum absolute atomic E-state index is 6.19. The van der Waals surface area contributed by atoms with Gasteiger partial charge in [0.2, 0.25) is 0 Å². The Kier molecular flexibility index (Phi) is 8.39. The zero-order valence-electron chi connectivity index (χ0n) is 18.2. The summed E-state index contributed by atoms with van der Waals surface area (Å²) in [6.07, 6.45) is 1.96. The van der Waals surface area contributed by atoms with Gasteiger partial charge < -0.3 is 24.8 Å². The Hall–Kier alpha value is -2.73. The highest BCUT2D eigenvalue weighted by molar-refractivity contribution is 5.79. The molecule has 30 heavy (non-hydrogen) atoms. The Bertz CT molecular complexity index is 832. The van der Waals surface area contributed by atoms with E-state index in [1.165, 1.54) is 11.1 Å². The molecule has 1 fully saturated rings. The van der Waals surface area contributed by atoms with Gasteiger partial charge in [-0.3, -0.25) is 0 Å². The third-order valence-corrected chi connectivity index (χ3v) is 5.00. The lowest BCUT2D eigenvalue weighted by Crippen LogP contribution is -2.38. The zero-order chi connectivity index (χ0) is 21.2. The lowest BCUT2D eigenvalue weighted by molar-refractivity contribution is 0.140. The maximum atomic E-state index is 6.19. The van der Waals surface area contributed by atoms with E-state index in [1.807, 2.05) is 12.1 Å². The molecule has 2 N–H and O–H groups in total. The van der Waals surface area contributed by atoms with Gasteiger partial charge in [-0.25, -0.2) is 4.99 Å². The normalized spacial score (nSPS) is 16.4. The number of hydrogen-bond acceptors (Lipinski definition) is 4. The number of benzene rings is 2. The van der Waals surface area contributed by atoms with Crippen molar-refractivity contribution in [3.05, 3.63) is 59.2 Å². The minimum atomic E-state index is 0.128. The van der Waals surface area contributed by atoms with E-state index >= 15 is 0 Å². The van der Waals surface area contributed by atoms with Crippen LogP contribution in [-0.4, -0.2) is 45.5 Å². The lowest BCUT2D eigenvalue weighted by Gasteiger charge is -2.16. The van der Waals surface area contributed by atoms with Gasteiger partial charge in [-0.2, -0.15) is 0 Å². The van der Waals surface area contributed by atoms with E-state index in [4.69, 9.17) is 19.2 Å². The van der Waals surface area contributed by atoms with Crippen molar-refractivity contribution >= 4 is 5.96 Å². The van der Waals surface area contributed by atoms with Crippen LogP contribution < -0.4 is 20.1 Å². The monoisotopic (exact) mass is 411 g/mol. The van der Waals surface area contributed by atoms with Crippen LogP contribution in [-0.2, 0) is 17.7 Å². The van der Waals surface area contributed by atoms with Gasteiger partial charge in [0.25, 0.3) is 0 Å². The molecule has 1 unspecified atom stereocenters. The molecule has 1 aliphatic heterocycles. The SMILES string of the molecule is CCNC(=NCc1ccc(C)cc1OC1CCOC1)NCCc1cccc(OC)c1. The molecule has 1 saturated heterocycles. The van der Waals surface area contributed by atoms with Crippen molar-refractivity contribution in [1.82, 2.24) is 10.6 Å². The molecule has 2 aromatic carbocycles. The van der Waals surface area contributed by atoms with E-state index in [1.54, 1.807) is 7.11 Å². The third-order valence-electron chi connectivity index (χ3n) is 5.00. The van der Waals surface area contributed by atoms with Gasteiger partial charge in [0.1, 0.15) is 17.6 Å². The lowest BCUT2D eigenvalue weighted by atomic mass is 10.1. The predicted octanol–water partition coefficient (Wildman–Crippen LogP) is 3.47. The largest absolute Gasteiger partial charge is 0.497 e. The fraction of sp³-hybridized carbons (Fsp3) is 0.458. The van der Waals surface area contributed by atoms with Gasteiger partial charge in [0, 0.05) is 25.1 Å². The first kappa shape index (κ1) is 22.0. The topological polar surface area (TPSA) is 64.1 Å². The summed E-state index contributed by atoms with van der Waals surface area (Å²) in [6.45, 7) is 7.72. The fourth-order valence-corrected chi connectivity index (χ4v) is 3.35. The molecular formula is C24H33N3O3. The van der Waals surface area contributed by atoms with Gasteiger partial charge in [-0.1, -0.05) is 24.3 Å². The average molecular weight is 412 g/mol. The van der Waals surface area contributed by atoms with Gasteiger partial charge >= 0.3 is 0 Å². The zero-order valence-corrected chi connectivity index (χ0v) is 18.2. The first-order chi connectivity index (χ1) is 14.7. The Morgan fingerprint density at radius 1 is 1.20 bits per heavy atom. The number of aliphatic imine (C=N–C) groups is 1. The summed E-state index contributed by atoms with van der Waals surface area (Å²) in [7, 11) is 1.69. The summed E-state index contributed by atoms with van der Waals surface area (Å²) in [6, 6.07) is 14.4. The number of guanidine groups is 1. The molecule has 1 atom stereocenters. The minimum Gasteiger partial charge on any atom is -0.497 e. The van der Waals surface area contributed by atoms with Crippen molar-refractivity contribution < 1.29 is 14.2 Å². The number of nitrogens with one attached hydrogen (secondary N) is 2. The van der Waals surface area contributed by atoms with Crippen LogP contribution in [0, 0.1) is 6.92 Å². The second-order valence-corrected chi connectivity index (χ2v) is 7.44. The van der Waals surface area contributed by atoms with Crippen molar-refractivity contribution in [3.8, 4) is 11.5 Å². The van der Waals surface area contributed by atoms with Crippen LogP contribution in [0.2, 0.25) is 0 Å². The van der Waals surface area contributed by atoms with Crippen LogP contribution in [0.25, 0.3) is 0 Å². The molecule has 1 heterocycles. The van der Waals surface area contributed by atoms with E-state index in [2.05, 4.69) is 54.8 Å². The molecule has 162 valence electrons. The molecule has 1 aliphatic rings. The number of ether oxygens (including phenoxy) is 3. The number of hydrogen-bond donors (Lipinski definition) is 2. The first-order valence-electron chi connectivity index (χ1n) is 10.7.